The number of nitrogens with one attached hydrogen (secondary N) is 2. The maximum Gasteiger partial charge on any atom is 0.459 e. The van der Waals surface area contributed by atoms with E-state index in [4.69, 9.17) is 30.7 Å². The molecule has 0 radical (unpaired) electrons. The number of halogens is 1. The van der Waals surface area contributed by atoms with E-state index in [1.165, 1.54) is 17.8 Å². The number of ether oxygens (including phenoxy) is 2. The first-order chi connectivity index (χ1) is 22.2. The van der Waals surface area contributed by atoms with Gasteiger partial charge in [0.15, 0.2) is 23.2 Å². The lowest BCUT2D eigenvalue weighted by Gasteiger charge is -2.26. The third kappa shape index (κ3) is 7.02. The summed E-state index contributed by atoms with van der Waals surface area (Å²) in [5, 5.41) is 18.0. The average Bonchev–Trinajstić information content (AvgIpc) is 3.56. The van der Waals surface area contributed by atoms with Gasteiger partial charge in [0.2, 0.25) is 11.6 Å². The number of benzene rings is 2. The average molecular weight is 670 g/mol. The minimum Gasteiger partial charge on any atom is -0.464 e. The predicted octanol–water partition coefficient (Wildman–Crippen LogP) is 3.97. The molecule has 5 rings (SSSR count). The number of imidazole rings is 1. The van der Waals surface area contributed by atoms with Crippen LogP contribution in [0.15, 0.2) is 48.8 Å². The Balaban J connectivity index is 1.43. The van der Waals surface area contributed by atoms with Crippen molar-refractivity contribution in [3.05, 3.63) is 48.8 Å². The Labute approximate surface area is 270 Å². The molecule has 3 heterocycles. The fraction of sp³-hybridized carbons (Fsp3) is 0.419. The number of nitrogens with zero attached hydrogens (tertiary/aromatic N) is 4. The number of fused-ring (bicyclic) bond motifs is 2. The van der Waals surface area contributed by atoms with Crippen molar-refractivity contribution in [1.82, 2.24) is 24.6 Å². The second-order valence-electron chi connectivity index (χ2n) is 12.3. The van der Waals surface area contributed by atoms with Gasteiger partial charge in [0.05, 0.1) is 19.5 Å². The van der Waals surface area contributed by atoms with Crippen LogP contribution < -0.4 is 20.7 Å². The highest BCUT2D eigenvalue weighted by Gasteiger charge is 2.58. The second-order valence-corrected chi connectivity index (χ2v) is 14.0. The minimum atomic E-state index is -4.47. The van der Waals surface area contributed by atoms with Crippen LogP contribution >= 0.6 is 7.75 Å². The van der Waals surface area contributed by atoms with E-state index in [1.54, 1.807) is 31.3 Å². The Hall–Kier alpha value is -4.32. The van der Waals surface area contributed by atoms with Gasteiger partial charge >= 0.3 is 13.7 Å². The summed E-state index contributed by atoms with van der Waals surface area (Å²) >= 11 is 0. The van der Waals surface area contributed by atoms with Crippen molar-refractivity contribution in [1.29, 1.82) is 0 Å². The smallest absolute Gasteiger partial charge is 0.459 e. The highest BCUT2D eigenvalue weighted by molar-refractivity contribution is 7.52. The highest BCUT2D eigenvalue weighted by Crippen LogP contribution is 2.49. The summed E-state index contributed by atoms with van der Waals surface area (Å²) in [6.45, 7) is 6.56. The summed E-state index contributed by atoms with van der Waals surface area (Å²) in [5.41, 5.74) is 3.07. The lowest BCUT2D eigenvalue weighted by atomic mass is 9.97. The number of aliphatic hydroxyl groups excluding tert-OH is 1. The number of alkyl halides is 1. The summed E-state index contributed by atoms with van der Waals surface area (Å²) in [6.07, 6.45) is 1.76. The van der Waals surface area contributed by atoms with E-state index >= 15 is 4.39 Å². The van der Waals surface area contributed by atoms with Crippen LogP contribution in [0.4, 0.5) is 16.2 Å². The van der Waals surface area contributed by atoms with E-state index < -0.39 is 50.5 Å². The maximum absolute atomic E-state index is 16.4. The van der Waals surface area contributed by atoms with Gasteiger partial charge in [-0.05, 0) is 23.8 Å². The van der Waals surface area contributed by atoms with Crippen molar-refractivity contribution in [3.63, 3.8) is 0 Å². The first kappa shape index (κ1) is 34.0. The molecule has 47 heavy (non-hydrogen) atoms. The molecular formula is C31H37FN7O7P. The zero-order valence-electron chi connectivity index (χ0n) is 26.5. The molecule has 14 nitrogen and oxygen atoms in total. The number of esters is 1. The molecule has 16 heteroatoms. The van der Waals surface area contributed by atoms with Crippen molar-refractivity contribution < 1.29 is 37.4 Å². The van der Waals surface area contributed by atoms with Crippen molar-refractivity contribution in [2.45, 2.75) is 57.8 Å². The van der Waals surface area contributed by atoms with Crippen LogP contribution in [0.2, 0.25) is 0 Å². The van der Waals surface area contributed by atoms with E-state index in [0.717, 1.165) is 5.39 Å². The monoisotopic (exact) mass is 669 g/mol. The summed E-state index contributed by atoms with van der Waals surface area (Å²) in [6, 6.07) is 11.2. The van der Waals surface area contributed by atoms with Crippen LogP contribution in [0, 0.1) is 17.8 Å². The summed E-state index contributed by atoms with van der Waals surface area (Å²) in [5.74, 6) is 1.62. The van der Waals surface area contributed by atoms with Gasteiger partial charge in [-0.15, -0.1) is 6.42 Å². The number of hydrogen-bond acceptors (Lipinski definition) is 12. The highest BCUT2D eigenvalue weighted by atomic mass is 31.2. The first-order valence-corrected chi connectivity index (χ1v) is 16.3. The molecule has 0 saturated carbocycles. The summed E-state index contributed by atoms with van der Waals surface area (Å²) in [4.78, 5) is 25.3. The van der Waals surface area contributed by atoms with E-state index in [1.807, 2.05) is 44.9 Å². The van der Waals surface area contributed by atoms with E-state index in [0.29, 0.717) is 5.39 Å². The number of nitrogen functional groups attached to an aromatic ring is 1. The molecule has 0 unspecified atom stereocenters. The Morgan fingerprint density at radius 1 is 1.28 bits per heavy atom. The van der Waals surface area contributed by atoms with Crippen LogP contribution in [0.5, 0.6) is 5.75 Å². The quantitative estimate of drug-likeness (QED) is 0.102. The summed E-state index contributed by atoms with van der Waals surface area (Å²) in [7, 11) is -2.87. The van der Waals surface area contributed by atoms with Crippen molar-refractivity contribution in [2.75, 3.05) is 31.3 Å². The molecule has 4 aromatic rings. The van der Waals surface area contributed by atoms with Gasteiger partial charge in [0.1, 0.15) is 24.0 Å². The summed E-state index contributed by atoms with van der Waals surface area (Å²) < 4.78 is 54.9. The number of carbonyl (C=O) groups excluding carboxylic acids is 1. The molecule has 1 aliphatic heterocycles. The van der Waals surface area contributed by atoms with Gasteiger partial charge in [-0.2, -0.15) is 15.1 Å². The van der Waals surface area contributed by atoms with E-state index in [-0.39, 0.29) is 40.7 Å². The fourth-order valence-corrected chi connectivity index (χ4v) is 6.48. The zero-order valence-corrected chi connectivity index (χ0v) is 27.4. The van der Waals surface area contributed by atoms with Crippen molar-refractivity contribution in [2.24, 2.45) is 5.41 Å². The maximum atomic E-state index is 16.4. The molecule has 0 amide bonds. The van der Waals surface area contributed by atoms with Gasteiger partial charge in [-0.3, -0.25) is 13.9 Å². The molecule has 1 fully saturated rings. The number of anilines is 2. The Kier molecular flexibility index (Phi) is 9.45. The lowest BCUT2D eigenvalue weighted by Crippen LogP contribution is -2.42. The lowest BCUT2D eigenvalue weighted by molar-refractivity contribution is -0.148. The number of rotatable bonds is 11. The largest absolute Gasteiger partial charge is 0.464 e. The van der Waals surface area contributed by atoms with Crippen LogP contribution in [0.3, 0.4) is 0 Å². The Morgan fingerprint density at radius 2 is 2.00 bits per heavy atom. The molecule has 2 aromatic heterocycles. The third-order valence-corrected chi connectivity index (χ3v) is 8.95. The second kappa shape index (κ2) is 13.1. The van der Waals surface area contributed by atoms with Crippen LogP contribution in [-0.2, 0) is 23.4 Å². The topological polar surface area (TPSA) is 185 Å². The van der Waals surface area contributed by atoms with Gasteiger partial charge in [0, 0.05) is 12.4 Å². The minimum absolute atomic E-state index is 0.0899. The number of aromatic nitrogens is 4. The molecule has 0 aliphatic carbocycles. The van der Waals surface area contributed by atoms with Crippen LogP contribution in [-0.4, -0.2) is 74.8 Å². The molecule has 6 atom stereocenters. The van der Waals surface area contributed by atoms with E-state index in [2.05, 4.69) is 25.4 Å². The Morgan fingerprint density at radius 3 is 2.70 bits per heavy atom. The van der Waals surface area contributed by atoms with Crippen LogP contribution in [0.25, 0.3) is 21.9 Å². The van der Waals surface area contributed by atoms with Gasteiger partial charge < -0.3 is 30.2 Å². The molecule has 1 aliphatic rings. The fourth-order valence-electron chi connectivity index (χ4n) is 4.96. The number of carbonyl (C=O) groups is 1. The standard InChI is InChI=1S/C31H37FN7O7P/c1-7-31(32)24(40)22(45-28(31)39-17-35-23-25(34-6)36-29(33)37-26(23)39)15-44-47(42,38-18(2)27(41)43-16-30(3,4)5)46-21-14-10-12-19-11-8-9-13-20(19)21/h1,8-14,17-18,22,24,28,40H,15-16H2,2-6H3,(H,38,42)(H3,33,34,36,37)/t18-,22-,24-,28-,31-,47-/m1/s1. The zero-order chi connectivity index (χ0) is 34.1. The molecule has 1 saturated heterocycles. The molecular weight excluding hydrogens is 632 g/mol. The molecule has 2 aromatic carbocycles. The van der Waals surface area contributed by atoms with E-state index in [9.17, 15) is 14.5 Å². The first-order valence-electron chi connectivity index (χ1n) is 14.7. The normalized spacial score (nSPS) is 23.2. The van der Waals surface area contributed by atoms with Crippen molar-refractivity contribution in [3.8, 4) is 18.1 Å². The molecule has 250 valence electrons. The third-order valence-electron chi connectivity index (χ3n) is 7.32. The molecule has 0 bridgehead atoms. The predicted molar refractivity (Wildman–Crippen MR) is 173 cm³/mol. The number of nitrogens with two attached hydrogens (primary N) is 1. The van der Waals surface area contributed by atoms with Crippen LogP contribution in [0.1, 0.15) is 33.9 Å². The van der Waals surface area contributed by atoms with Crippen molar-refractivity contribution >= 4 is 47.4 Å². The Bertz CT molecular complexity index is 1870. The van der Waals surface area contributed by atoms with Gasteiger partial charge in [-0.25, -0.2) is 13.9 Å². The number of terminal acetylenes is 1. The van der Waals surface area contributed by atoms with Gasteiger partial charge in [-0.1, -0.05) is 63.1 Å². The number of aliphatic hydroxyl groups is 1. The molecule has 5 N–H and O–H groups in total. The van der Waals surface area contributed by atoms with Gasteiger partial charge in [0.25, 0.3) is 0 Å². The number of hydrogen-bond donors (Lipinski definition) is 4. The molecule has 0 spiro atoms. The SMILES string of the molecule is C#C[C@@]1(F)[C@H](O)[C@@H](CO[P@](=O)(N[C@H](C)C(=O)OCC(C)(C)C)Oc2cccc3ccccc23)O[C@H]1n1cnc2c(NC)nc(N)nc21.